The van der Waals surface area contributed by atoms with E-state index in [0.717, 1.165) is 5.56 Å². The molecule has 2 saturated heterocycles. The number of carbonyl (C=O) groups is 3. The minimum absolute atomic E-state index is 0.205. The Bertz CT molecular complexity index is 946. The molecular formula is C20H22ClN5O3. The molecule has 2 fully saturated rings. The van der Waals surface area contributed by atoms with Gasteiger partial charge in [-0.05, 0) is 18.4 Å². The molecule has 0 aliphatic carbocycles. The van der Waals surface area contributed by atoms with Crippen LogP contribution in [0, 0.1) is 0 Å². The molecule has 9 heteroatoms. The highest BCUT2D eigenvalue weighted by Crippen LogP contribution is 2.38. The first-order chi connectivity index (χ1) is 13.8. The molecule has 1 aromatic heterocycles. The molecule has 0 saturated carbocycles. The lowest BCUT2D eigenvalue weighted by Gasteiger charge is -2.42. The molecule has 3 heterocycles. The van der Waals surface area contributed by atoms with Gasteiger partial charge in [-0.1, -0.05) is 41.9 Å². The van der Waals surface area contributed by atoms with Crippen molar-refractivity contribution >= 4 is 29.4 Å². The summed E-state index contributed by atoms with van der Waals surface area (Å²) < 4.78 is 1.45. The largest absolute Gasteiger partial charge is 0.337 e. The molecule has 2 aliphatic heterocycles. The van der Waals surface area contributed by atoms with Gasteiger partial charge in [0, 0.05) is 33.7 Å². The number of halogens is 1. The van der Waals surface area contributed by atoms with Gasteiger partial charge in [-0.25, -0.2) is 4.79 Å². The molecule has 0 atom stereocenters. The second-order valence-electron chi connectivity index (χ2n) is 7.51. The SMILES string of the molecule is CN1C(=O)N(Cc2ccccc2)C2(CCN(C(=O)c3c(Cl)cnn3C)CC2)C1=O. The van der Waals surface area contributed by atoms with E-state index < -0.39 is 5.54 Å². The van der Waals surface area contributed by atoms with Gasteiger partial charge in [0.15, 0.2) is 0 Å². The fourth-order valence-corrected chi connectivity index (χ4v) is 4.47. The van der Waals surface area contributed by atoms with Crippen LogP contribution in [0.1, 0.15) is 28.9 Å². The lowest BCUT2D eigenvalue weighted by molar-refractivity contribution is -0.134. The van der Waals surface area contributed by atoms with Crippen LogP contribution in [0.4, 0.5) is 4.79 Å². The summed E-state index contributed by atoms with van der Waals surface area (Å²) in [5, 5.41) is 4.32. The third kappa shape index (κ3) is 3.07. The number of urea groups is 1. The predicted molar refractivity (Wildman–Crippen MR) is 106 cm³/mol. The lowest BCUT2D eigenvalue weighted by Crippen LogP contribution is -2.57. The first-order valence-electron chi connectivity index (χ1n) is 9.45. The number of aromatic nitrogens is 2. The van der Waals surface area contributed by atoms with Crippen molar-refractivity contribution in [2.75, 3.05) is 20.1 Å². The Morgan fingerprint density at radius 2 is 1.79 bits per heavy atom. The van der Waals surface area contributed by atoms with Crippen LogP contribution in [0.15, 0.2) is 36.5 Å². The number of nitrogens with zero attached hydrogens (tertiary/aromatic N) is 5. The summed E-state index contributed by atoms with van der Waals surface area (Å²) >= 11 is 6.11. The molecule has 2 aromatic rings. The Morgan fingerprint density at radius 1 is 1.14 bits per heavy atom. The summed E-state index contributed by atoms with van der Waals surface area (Å²) in [5.74, 6) is -0.423. The normalized spacial score (nSPS) is 18.8. The molecule has 4 rings (SSSR count). The zero-order valence-electron chi connectivity index (χ0n) is 16.3. The van der Waals surface area contributed by atoms with Gasteiger partial charge >= 0.3 is 6.03 Å². The van der Waals surface area contributed by atoms with Crippen LogP contribution in [0.2, 0.25) is 5.02 Å². The van der Waals surface area contributed by atoms with Crippen molar-refractivity contribution in [2.45, 2.75) is 24.9 Å². The van der Waals surface area contributed by atoms with Crippen LogP contribution in [-0.4, -0.2) is 68.0 Å². The average Bonchev–Trinajstić information content (AvgIpc) is 3.15. The molecule has 0 unspecified atom stereocenters. The second-order valence-corrected chi connectivity index (χ2v) is 7.91. The van der Waals surface area contributed by atoms with Crippen LogP contribution in [-0.2, 0) is 18.4 Å². The number of hydrogen-bond donors (Lipinski definition) is 0. The number of rotatable bonds is 3. The molecule has 0 bridgehead atoms. The number of carbonyl (C=O) groups excluding carboxylic acids is 3. The fraction of sp³-hybridized carbons (Fsp3) is 0.400. The average molecular weight is 416 g/mol. The third-order valence-corrected chi connectivity index (χ3v) is 6.17. The maximum Gasteiger partial charge on any atom is 0.327 e. The lowest BCUT2D eigenvalue weighted by atomic mass is 9.85. The van der Waals surface area contributed by atoms with E-state index in [1.807, 2.05) is 30.3 Å². The van der Waals surface area contributed by atoms with Crippen LogP contribution < -0.4 is 0 Å². The van der Waals surface area contributed by atoms with Crippen LogP contribution in [0.25, 0.3) is 0 Å². The van der Waals surface area contributed by atoms with Gasteiger partial charge in [0.25, 0.3) is 11.8 Å². The number of amides is 4. The van der Waals surface area contributed by atoms with Gasteiger partial charge in [-0.3, -0.25) is 19.2 Å². The van der Waals surface area contributed by atoms with Gasteiger partial charge in [0.2, 0.25) is 0 Å². The van der Waals surface area contributed by atoms with Gasteiger partial charge in [-0.2, -0.15) is 5.10 Å². The monoisotopic (exact) mass is 415 g/mol. The number of likely N-dealkylation sites (N-methyl/N-ethyl adjacent to an activating group) is 1. The maximum atomic E-state index is 13.0. The quantitative estimate of drug-likeness (QED) is 0.719. The Balaban J connectivity index is 1.56. The number of piperidine rings is 1. The topological polar surface area (TPSA) is 78.8 Å². The van der Waals surface area contributed by atoms with E-state index in [2.05, 4.69) is 5.10 Å². The number of imide groups is 1. The van der Waals surface area contributed by atoms with E-state index in [-0.39, 0.29) is 17.8 Å². The molecule has 152 valence electrons. The first kappa shape index (κ1) is 19.4. The fourth-order valence-electron chi connectivity index (χ4n) is 4.23. The smallest absolute Gasteiger partial charge is 0.327 e. The van der Waals surface area contributed by atoms with Crippen molar-refractivity contribution in [1.29, 1.82) is 0 Å². The van der Waals surface area contributed by atoms with E-state index in [0.29, 0.717) is 43.2 Å². The van der Waals surface area contributed by atoms with E-state index in [4.69, 9.17) is 11.6 Å². The van der Waals surface area contributed by atoms with Gasteiger partial charge in [0.05, 0.1) is 11.2 Å². The van der Waals surface area contributed by atoms with Crippen LogP contribution in [0.5, 0.6) is 0 Å². The highest BCUT2D eigenvalue weighted by molar-refractivity contribution is 6.33. The summed E-state index contributed by atoms with van der Waals surface area (Å²) in [6.07, 6.45) is 2.21. The zero-order valence-corrected chi connectivity index (χ0v) is 17.1. The molecule has 1 aromatic carbocycles. The predicted octanol–water partition coefficient (Wildman–Crippen LogP) is 2.14. The molecular weight excluding hydrogens is 394 g/mol. The van der Waals surface area contributed by atoms with Gasteiger partial charge in [0.1, 0.15) is 11.2 Å². The molecule has 8 nitrogen and oxygen atoms in total. The molecule has 29 heavy (non-hydrogen) atoms. The third-order valence-electron chi connectivity index (χ3n) is 5.90. The van der Waals surface area contributed by atoms with Gasteiger partial charge in [-0.15, -0.1) is 0 Å². The zero-order chi connectivity index (χ0) is 20.8. The van der Waals surface area contributed by atoms with Crippen molar-refractivity contribution in [1.82, 2.24) is 24.5 Å². The number of hydrogen-bond acceptors (Lipinski definition) is 4. The van der Waals surface area contributed by atoms with E-state index in [1.54, 1.807) is 16.8 Å². The number of aryl methyl sites for hydroxylation is 1. The number of likely N-dealkylation sites (tertiary alicyclic amines) is 1. The highest BCUT2D eigenvalue weighted by atomic mass is 35.5. The summed E-state index contributed by atoms with van der Waals surface area (Å²) in [5.41, 5.74) is 0.368. The van der Waals surface area contributed by atoms with Crippen molar-refractivity contribution in [3.05, 3.63) is 52.8 Å². The molecule has 0 N–H and O–H groups in total. The first-order valence-corrected chi connectivity index (χ1v) is 9.83. The van der Waals surface area contributed by atoms with E-state index in [9.17, 15) is 14.4 Å². The van der Waals surface area contributed by atoms with Crippen molar-refractivity contribution in [2.24, 2.45) is 7.05 Å². The highest BCUT2D eigenvalue weighted by Gasteiger charge is 2.57. The molecule has 2 aliphatic rings. The minimum atomic E-state index is -0.922. The van der Waals surface area contributed by atoms with E-state index >= 15 is 0 Å². The summed E-state index contributed by atoms with van der Waals surface area (Å²) in [6.45, 7) is 1.08. The van der Waals surface area contributed by atoms with Crippen molar-refractivity contribution < 1.29 is 14.4 Å². The molecule has 4 amide bonds. The molecule has 1 spiro atoms. The Labute approximate surface area is 173 Å². The van der Waals surface area contributed by atoms with Crippen LogP contribution in [0.3, 0.4) is 0 Å². The minimum Gasteiger partial charge on any atom is -0.337 e. The van der Waals surface area contributed by atoms with E-state index in [1.165, 1.54) is 22.8 Å². The van der Waals surface area contributed by atoms with Crippen molar-refractivity contribution in [3.63, 3.8) is 0 Å². The number of benzene rings is 1. The summed E-state index contributed by atoms with van der Waals surface area (Å²) in [6, 6.07) is 9.31. The summed E-state index contributed by atoms with van der Waals surface area (Å²) in [7, 11) is 3.19. The standard InChI is InChI=1S/C20H22ClN5O3/c1-23-18(28)20(26(19(23)29)13-14-6-4-3-5-7-14)8-10-25(11-9-20)17(27)16-15(21)12-22-24(16)2/h3-7,12H,8-11,13H2,1-2H3. The second kappa shape index (κ2) is 7.18. The Kier molecular flexibility index (Phi) is 4.82. The van der Waals surface area contributed by atoms with Gasteiger partial charge < -0.3 is 9.80 Å². The maximum absolute atomic E-state index is 13.0. The molecule has 0 radical (unpaired) electrons. The van der Waals surface area contributed by atoms with Crippen molar-refractivity contribution in [3.8, 4) is 0 Å². The Morgan fingerprint density at radius 3 is 2.38 bits per heavy atom. The summed E-state index contributed by atoms with van der Waals surface area (Å²) in [4.78, 5) is 43.3. The van der Waals surface area contributed by atoms with Crippen LogP contribution >= 0.6 is 11.6 Å². The Hall–Kier alpha value is -2.87.